The summed E-state index contributed by atoms with van der Waals surface area (Å²) in [6, 6.07) is 11.9. The molecule has 3 rings (SSSR count). The predicted molar refractivity (Wildman–Crippen MR) is 117 cm³/mol. The number of carbonyl (C=O) groups excluding carboxylic acids is 1. The molecule has 0 aliphatic rings. The number of sulfonamides is 1. The van der Waals surface area contributed by atoms with Crippen LogP contribution < -0.4 is 10.0 Å². The molecular formula is C22H26N4O3S. The van der Waals surface area contributed by atoms with Crippen molar-refractivity contribution in [1.82, 2.24) is 15.1 Å². The lowest BCUT2D eigenvalue weighted by molar-refractivity contribution is 0.0954. The molecule has 2 aromatic carbocycles. The minimum atomic E-state index is -3.82. The minimum absolute atomic E-state index is 0.203. The standard InChI is InChI=1S/C22H26N4O3S/c1-16-10-11-17(2)21(13-16)30(28,29)25-20-9-5-4-8-19(20)22(27)23-12-6-7-18-14-24-26(3)15-18/h4-5,8-11,13-15,25H,6-7,12H2,1-3H3,(H,23,27). The molecule has 2 N–H and O–H groups in total. The Bertz CT molecular complexity index is 1150. The van der Waals surface area contributed by atoms with Crippen LogP contribution in [0.3, 0.4) is 0 Å². The zero-order chi connectivity index (χ0) is 21.7. The van der Waals surface area contributed by atoms with Crippen molar-refractivity contribution in [1.29, 1.82) is 0 Å². The molecule has 1 aromatic heterocycles. The lowest BCUT2D eigenvalue weighted by atomic mass is 10.1. The molecule has 0 atom stereocenters. The molecule has 1 amide bonds. The molecule has 0 aliphatic heterocycles. The average molecular weight is 427 g/mol. The van der Waals surface area contributed by atoms with Gasteiger partial charge in [0.05, 0.1) is 22.3 Å². The molecule has 7 nitrogen and oxygen atoms in total. The van der Waals surface area contributed by atoms with Crippen molar-refractivity contribution in [2.24, 2.45) is 7.05 Å². The number of anilines is 1. The predicted octanol–water partition coefficient (Wildman–Crippen LogP) is 3.20. The molecule has 0 bridgehead atoms. The molecule has 158 valence electrons. The van der Waals surface area contributed by atoms with Crippen LogP contribution in [-0.4, -0.2) is 30.7 Å². The number of benzene rings is 2. The molecule has 8 heteroatoms. The van der Waals surface area contributed by atoms with E-state index in [1.807, 2.05) is 26.2 Å². The van der Waals surface area contributed by atoms with Crippen molar-refractivity contribution in [3.63, 3.8) is 0 Å². The Morgan fingerprint density at radius 1 is 1.13 bits per heavy atom. The van der Waals surface area contributed by atoms with Crippen molar-refractivity contribution in [2.75, 3.05) is 11.3 Å². The second-order valence-corrected chi connectivity index (χ2v) is 8.95. The van der Waals surface area contributed by atoms with Crippen molar-refractivity contribution >= 4 is 21.6 Å². The molecule has 3 aromatic rings. The molecule has 0 saturated carbocycles. The smallest absolute Gasteiger partial charge is 0.262 e. The normalized spacial score (nSPS) is 11.3. The summed E-state index contributed by atoms with van der Waals surface area (Å²) in [5.41, 5.74) is 3.13. The van der Waals surface area contributed by atoms with E-state index in [1.54, 1.807) is 54.2 Å². The van der Waals surface area contributed by atoms with Gasteiger partial charge in [-0.1, -0.05) is 24.3 Å². The maximum Gasteiger partial charge on any atom is 0.262 e. The van der Waals surface area contributed by atoms with E-state index >= 15 is 0 Å². The molecule has 0 fully saturated rings. The topological polar surface area (TPSA) is 93.1 Å². The van der Waals surface area contributed by atoms with Gasteiger partial charge in [-0.25, -0.2) is 8.42 Å². The van der Waals surface area contributed by atoms with Crippen molar-refractivity contribution in [3.8, 4) is 0 Å². The monoisotopic (exact) mass is 426 g/mol. The van der Waals surface area contributed by atoms with Crippen molar-refractivity contribution in [3.05, 3.63) is 77.1 Å². The Morgan fingerprint density at radius 3 is 2.63 bits per heavy atom. The van der Waals surface area contributed by atoms with Gasteiger partial charge in [0.15, 0.2) is 0 Å². The number of hydrogen-bond donors (Lipinski definition) is 2. The fourth-order valence-electron chi connectivity index (χ4n) is 3.16. The highest BCUT2D eigenvalue weighted by Crippen LogP contribution is 2.23. The second-order valence-electron chi connectivity index (χ2n) is 7.30. The highest BCUT2D eigenvalue weighted by atomic mass is 32.2. The highest BCUT2D eigenvalue weighted by Gasteiger charge is 2.20. The first-order chi connectivity index (χ1) is 14.3. The lowest BCUT2D eigenvalue weighted by Gasteiger charge is -2.14. The molecule has 1 heterocycles. The Kier molecular flexibility index (Phi) is 6.56. The van der Waals surface area contributed by atoms with Gasteiger partial charge < -0.3 is 5.32 Å². The van der Waals surface area contributed by atoms with E-state index in [1.165, 1.54) is 0 Å². The second kappa shape index (κ2) is 9.13. The van der Waals surface area contributed by atoms with E-state index in [-0.39, 0.29) is 22.1 Å². The van der Waals surface area contributed by atoms with Gasteiger partial charge in [0, 0.05) is 19.8 Å². The Hall–Kier alpha value is -3.13. The number of aromatic nitrogens is 2. The van der Waals surface area contributed by atoms with Crippen molar-refractivity contribution < 1.29 is 13.2 Å². The van der Waals surface area contributed by atoms with Gasteiger partial charge in [-0.3, -0.25) is 14.2 Å². The maximum absolute atomic E-state index is 12.9. The van der Waals surface area contributed by atoms with Crippen LogP contribution >= 0.6 is 0 Å². The third kappa shape index (κ3) is 5.27. The van der Waals surface area contributed by atoms with Gasteiger partial charge in [-0.05, 0) is 61.6 Å². The van der Waals surface area contributed by atoms with Gasteiger partial charge >= 0.3 is 0 Å². The van der Waals surface area contributed by atoms with Crippen LogP contribution in [0.25, 0.3) is 0 Å². The highest BCUT2D eigenvalue weighted by molar-refractivity contribution is 7.92. The van der Waals surface area contributed by atoms with Crippen LogP contribution in [-0.2, 0) is 23.5 Å². The van der Waals surface area contributed by atoms with E-state index in [9.17, 15) is 13.2 Å². The summed E-state index contributed by atoms with van der Waals surface area (Å²) >= 11 is 0. The van der Waals surface area contributed by atoms with Crippen LogP contribution in [0.5, 0.6) is 0 Å². The van der Waals surface area contributed by atoms with Crippen LogP contribution in [0.1, 0.15) is 33.5 Å². The molecular weight excluding hydrogens is 400 g/mol. The summed E-state index contributed by atoms with van der Waals surface area (Å²) < 4.78 is 30.1. The average Bonchev–Trinajstić information content (AvgIpc) is 3.12. The van der Waals surface area contributed by atoms with Crippen LogP contribution in [0.15, 0.2) is 59.8 Å². The number of para-hydroxylation sites is 1. The fraction of sp³-hybridized carbons (Fsp3) is 0.273. The zero-order valence-corrected chi connectivity index (χ0v) is 18.2. The number of aryl methyl sites for hydroxylation is 4. The summed E-state index contributed by atoms with van der Waals surface area (Å²) in [5.74, 6) is -0.319. The van der Waals surface area contributed by atoms with E-state index in [2.05, 4.69) is 15.1 Å². The lowest BCUT2D eigenvalue weighted by Crippen LogP contribution is -2.26. The summed E-state index contributed by atoms with van der Waals surface area (Å²) in [6.07, 6.45) is 5.31. The molecule has 0 radical (unpaired) electrons. The quantitative estimate of drug-likeness (QED) is 0.541. The summed E-state index contributed by atoms with van der Waals surface area (Å²) in [5, 5.41) is 6.99. The Balaban J connectivity index is 1.69. The van der Waals surface area contributed by atoms with E-state index in [4.69, 9.17) is 0 Å². The number of carbonyl (C=O) groups is 1. The van der Waals surface area contributed by atoms with Gasteiger partial charge in [0.1, 0.15) is 0 Å². The van der Waals surface area contributed by atoms with Gasteiger partial charge in [-0.15, -0.1) is 0 Å². The van der Waals surface area contributed by atoms with Gasteiger partial charge in [0.25, 0.3) is 15.9 Å². The SMILES string of the molecule is Cc1ccc(C)c(S(=O)(=O)Nc2ccccc2C(=O)NCCCc2cnn(C)c2)c1. The van der Waals surface area contributed by atoms with E-state index < -0.39 is 10.0 Å². The zero-order valence-electron chi connectivity index (χ0n) is 17.3. The number of nitrogens with zero attached hydrogens (tertiary/aromatic N) is 2. The Morgan fingerprint density at radius 2 is 1.90 bits per heavy atom. The van der Waals surface area contributed by atoms with Crippen molar-refractivity contribution in [2.45, 2.75) is 31.6 Å². The molecule has 0 aliphatic carbocycles. The molecule has 0 unspecified atom stereocenters. The molecule has 0 spiro atoms. The first kappa shape index (κ1) is 21.6. The fourth-order valence-corrected chi connectivity index (χ4v) is 4.57. The summed E-state index contributed by atoms with van der Waals surface area (Å²) in [6.45, 7) is 4.06. The van der Waals surface area contributed by atoms with Gasteiger partial charge in [-0.2, -0.15) is 5.10 Å². The van der Waals surface area contributed by atoms with Crippen LogP contribution in [0.2, 0.25) is 0 Å². The summed E-state index contributed by atoms with van der Waals surface area (Å²) in [7, 11) is -1.96. The number of nitrogens with one attached hydrogen (secondary N) is 2. The first-order valence-corrected chi connectivity index (χ1v) is 11.2. The molecule has 0 saturated heterocycles. The van der Waals surface area contributed by atoms with E-state index in [0.29, 0.717) is 12.1 Å². The number of amides is 1. The third-order valence-corrected chi connectivity index (χ3v) is 6.24. The van der Waals surface area contributed by atoms with E-state index in [0.717, 1.165) is 24.0 Å². The maximum atomic E-state index is 12.9. The largest absolute Gasteiger partial charge is 0.352 e. The molecule has 30 heavy (non-hydrogen) atoms. The van der Waals surface area contributed by atoms with Gasteiger partial charge in [0.2, 0.25) is 0 Å². The first-order valence-electron chi connectivity index (χ1n) is 9.71. The van der Waals surface area contributed by atoms with Crippen LogP contribution in [0, 0.1) is 13.8 Å². The third-order valence-electron chi connectivity index (χ3n) is 4.74. The van der Waals surface area contributed by atoms with Crippen LogP contribution in [0.4, 0.5) is 5.69 Å². The number of rotatable bonds is 8. The Labute approximate surface area is 177 Å². The number of hydrogen-bond acceptors (Lipinski definition) is 4. The summed E-state index contributed by atoms with van der Waals surface area (Å²) in [4.78, 5) is 12.9. The minimum Gasteiger partial charge on any atom is -0.352 e.